The second-order valence-electron chi connectivity index (χ2n) is 9.20. The Labute approximate surface area is 231 Å². The number of hydrogen-bond acceptors (Lipinski definition) is 4. The second-order valence-corrected chi connectivity index (χ2v) is 9.20. The summed E-state index contributed by atoms with van der Waals surface area (Å²) >= 11 is 0. The molecule has 0 saturated heterocycles. The highest BCUT2D eigenvalue weighted by Crippen LogP contribution is 2.33. The zero-order chi connectivity index (χ0) is 28.6. The van der Waals surface area contributed by atoms with Crippen molar-refractivity contribution >= 4 is 5.97 Å². The Hall–Kier alpha value is -4.36. The summed E-state index contributed by atoms with van der Waals surface area (Å²) < 4.78 is 55.1. The molecule has 1 unspecified atom stereocenters. The van der Waals surface area contributed by atoms with Crippen LogP contribution in [0.25, 0.3) is 22.3 Å². The molecule has 206 valence electrons. The molecule has 4 aromatic rings. The number of rotatable bonds is 11. The van der Waals surface area contributed by atoms with Gasteiger partial charge in [0.25, 0.3) is 0 Å². The largest absolute Gasteiger partial charge is 0.493 e. The van der Waals surface area contributed by atoms with Crippen molar-refractivity contribution in [3.63, 3.8) is 0 Å². The van der Waals surface area contributed by atoms with Gasteiger partial charge in [-0.3, -0.25) is 0 Å². The smallest absolute Gasteiger partial charge is 0.343 e. The first kappa shape index (κ1) is 28.6. The van der Waals surface area contributed by atoms with E-state index in [0.717, 1.165) is 18.1 Å². The van der Waals surface area contributed by atoms with Gasteiger partial charge in [0.05, 0.1) is 18.3 Å². The van der Waals surface area contributed by atoms with Gasteiger partial charge in [-0.1, -0.05) is 68.0 Å². The number of esters is 1. The number of ether oxygens (including phenoxy) is 2. The number of carbonyl (C=O) groups excluding carboxylic acids is 1. The van der Waals surface area contributed by atoms with Gasteiger partial charge in [0.2, 0.25) is 0 Å². The lowest BCUT2D eigenvalue weighted by Gasteiger charge is -2.12. The molecule has 4 aromatic carbocycles. The summed E-state index contributed by atoms with van der Waals surface area (Å²) in [5, 5.41) is 10.1. The second kappa shape index (κ2) is 13.1. The van der Waals surface area contributed by atoms with E-state index < -0.39 is 29.5 Å². The third kappa shape index (κ3) is 6.61. The van der Waals surface area contributed by atoms with E-state index in [1.165, 1.54) is 48.5 Å². The molecule has 40 heavy (non-hydrogen) atoms. The predicted molar refractivity (Wildman–Crippen MR) is 149 cm³/mol. The van der Waals surface area contributed by atoms with Gasteiger partial charge >= 0.3 is 5.97 Å². The van der Waals surface area contributed by atoms with Crippen molar-refractivity contribution in [1.29, 1.82) is 0 Å². The molecule has 0 heterocycles. The van der Waals surface area contributed by atoms with Crippen molar-refractivity contribution in [2.75, 3.05) is 6.61 Å². The minimum atomic E-state index is -1.03. The van der Waals surface area contributed by atoms with Gasteiger partial charge in [-0.2, -0.15) is 0 Å². The van der Waals surface area contributed by atoms with Crippen molar-refractivity contribution in [2.24, 2.45) is 0 Å². The lowest BCUT2D eigenvalue weighted by molar-refractivity contribution is 0.0727. The molecular formula is C33H29F3O4. The normalized spacial score (nSPS) is 11.6. The molecule has 4 nitrogen and oxygen atoms in total. The highest BCUT2D eigenvalue weighted by molar-refractivity contribution is 5.91. The van der Waals surface area contributed by atoms with Crippen LogP contribution in [0.2, 0.25) is 0 Å². The summed E-state index contributed by atoms with van der Waals surface area (Å²) in [5.74, 6) is -3.56. The Bertz CT molecular complexity index is 1480. The fourth-order valence-electron chi connectivity index (χ4n) is 4.18. The van der Waals surface area contributed by atoms with E-state index in [1.54, 1.807) is 30.3 Å². The Morgan fingerprint density at radius 2 is 1.50 bits per heavy atom. The summed E-state index contributed by atoms with van der Waals surface area (Å²) in [4.78, 5) is 12.6. The number of carbonyl (C=O) groups is 1. The monoisotopic (exact) mass is 546 g/mol. The van der Waals surface area contributed by atoms with Crippen molar-refractivity contribution in [2.45, 2.75) is 32.3 Å². The van der Waals surface area contributed by atoms with Gasteiger partial charge in [0.15, 0.2) is 23.2 Å². The van der Waals surface area contributed by atoms with Crippen LogP contribution in [0.15, 0.2) is 91.5 Å². The molecule has 0 radical (unpaired) electrons. The van der Waals surface area contributed by atoms with Gasteiger partial charge in [0.1, 0.15) is 5.75 Å². The summed E-state index contributed by atoms with van der Waals surface area (Å²) in [6, 6.07) is 19.3. The molecule has 0 spiro atoms. The lowest BCUT2D eigenvalue weighted by Crippen LogP contribution is -2.09. The molecule has 0 aromatic heterocycles. The number of aliphatic hydroxyl groups is 1. The number of aliphatic hydroxyl groups excluding tert-OH is 1. The first-order valence-corrected chi connectivity index (χ1v) is 12.9. The van der Waals surface area contributed by atoms with Gasteiger partial charge in [-0.25, -0.2) is 18.0 Å². The topological polar surface area (TPSA) is 55.8 Å². The van der Waals surface area contributed by atoms with Crippen molar-refractivity contribution in [3.8, 4) is 33.8 Å². The van der Waals surface area contributed by atoms with Gasteiger partial charge < -0.3 is 14.6 Å². The van der Waals surface area contributed by atoms with E-state index >= 15 is 8.78 Å². The summed E-state index contributed by atoms with van der Waals surface area (Å²) in [6.45, 7) is 5.91. The van der Waals surface area contributed by atoms with Crippen molar-refractivity contribution in [3.05, 3.63) is 120 Å². The summed E-state index contributed by atoms with van der Waals surface area (Å²) in [5.41, 5.74) is 1.78. The van der Waals surface area contributed by atoms with Crippen LogP contribution in [-0.4, -0.2) is 17.7 Å². The molecule has 1 N–H and O–H groups in total. The Kier molecular flexibility index (Phi) is 9.40. The van der Waals surface area contributed by atoms with E-state index in [1.807, 2.05) is 6.92 Å². The van der Waals surface area contributed by atoms with Gasteiger partial charge in [0, 0.05) is 17.2 Å². The third-order valence-electron chi connectivity index (χ3n) is 6.38. The van der Waals surface area contributed by atoms with Crippen LogP contribution < -0.4 is 9.47 Å². The van der Waals surface area contributed by atoms with Crippen LogP contribution in [0.3, 0.4) is 0 Å². The Balaban J connectivity index is 1.47. The molecule has 0 aliphatic rings. The molecule has 0 amide bonds. The van der Waals surface area contributed by atoms with E-state index in [-0.39, 0.29) is 22.4 Å². The highest BCUT2D eigenvalue weighted by Gasteiger charge is 2.18. The minimum absolute atomic E-state index is 0.0224. The predicted octanol–water partition coefficient (Wildman–Crippen LogP) is 8.45. The third-order valence-corrected chi connectivity index (χ3v) is 6.38. The maximum Gasteiger partial charge on any atom is 0.343 e. The SMILES string of the molecule is C=CCCOc1ccc(OC(=O)c2ccc(-c3ccc(-c4ccc(C(O)CCC)cc4)c(F)c3F)cc2)c(F)c1. The molecule has 0 bridgehead atoms. The summed E-state index contributed by atoms with van der Waals surface area (Å²) in [7, 11) is 0. The minimum Gasteiger partial charge on any atom is -0.493 e. The average Bonchev–Trinajstić information content (AvgIpc) is 2.96. The quantitative estimate of drug-likeness (QED) is 0.0888. The van der Waals surface area contributed by atoms with Gasteiger partial charge in [-0.15, -0.1) is 6.58 Å². The standard InChI is InChI=1S/C33H29F3O4/c1-3-5-19-39-25-15-18-30(28(34)20-25)40-33(38)24-13-9-22(10-14-24)27-17-16-26(31(35)32(27)36)21-7-11-23(12-8-21)29(37)6-4-2/h3,7-18,20,29,37H,1,4-6,19H2,2H3. The summed E-state index contributed by atoms with van der Waals surface area (Å²) in [6.07, 6.45) is 3.12. The fourth-order valence-corrected chi connectivity index (χ4v) is 4.18. The van der Waals surface area contributed by atoms with Crippen molar-refractivity contribution in [1.82, 2.24) is 0 Å². The lowest BCUT2D eigenvalue weighted by atomic mass is 9.96. The maximum atomic E-state index is 15.1. The average molecular weight is 547 g/mol. The first-order chi connectivity index (χ1) is 19.3. The van der Waals surface area contributed by atoms with Crippen LogP contribution in [0, 0.1) is 17.5 Å². The van der Waals surface area contributed by atoms with E-state index in [2.05, 4.69) is 6.58 Å². The molecule has 4 rings (SSSR count). The maximum absolute atomic E-state index is 15.1. The number of benzene rings is 4. The molecule has 0 aliphatic heterocycles. The van der Waals surface area contributed by atoms with Crippen LogP contribution in [0.4, 0.5) is 13.2 Å². The van der Waals surface area contributed by atoms with E-state index in [0.29, 0.717) is 36.3 Å². The van der Waals surface area contributed by atoms with Crippen molar-refractivity contribution < 1.29 is 32.5 Å². The van der Waals surface area contributed by atoms with Crippen LogP contribution in [-0.2, 0) is 0 Å². The molecule has 7 heteroatoms. The molecule has 1 atom stereocenters. The van der Waals surface area contributed by atoms with Crippen LogP contribution >= 0.6 is 0 Å². The molecular weight excluding hydrogens is 517 g/mol. The number of hydrogen-bond donors (Lipinski definition) is 1. The first-order valence-electron chi connectivity index (χ1n) is 12.9. The van der Waals surface area contributed by atoms with Gasteiger partial charge in [-0.05, 0) is 53.8 Å². The zero-order valence-electron chi connectivity index (χ0n) is 22.0. The Morgan fingerprint density at radius 1 is 0.900 bits per heavy atom. The zero-order valence-corrected chi connectivity index (χ0v) is 22.0. The van der Waals surface area contributed by atoms with E-state index in [9.17, 15) is 14.3 Å². The van der Waals surface area contributed by atoms with Crippen LogP contribution in [0.1, 0.15) is 48.2 Å². The Morgan fingerprint density at radius 3 is 2.05 bits per heavy atom. The number of halogens is 3. The highest BCUT2D eigenvalue weighted by atomic mass is 19.2. The molecule has 0 fully saturated rings. The molecule has 0 saturated carbocycles. The molecule has 0 aliphatic carbocycles. The van der Waals surface area contributed by atoms with Crippen LogP contribution in [0.5, 0.6) is 11.5 Å². The van der Waals surface area contributed by atoms with E-state index in [4.69, 9.17) is 9.47 Å². The fraction of sp³-hybridized carbons (Fsp3) is 0.182.